The minimum atomic E-state index is -0.314. The number of rotatable bonds is 3. The lowest BCUT2D eigenvalue weighted by molar-refractivity contribution is 0.0669. The number of hydrogen-bond acceptors (Lipinski definition) is 2. The molecule has 1 saturated heterocycles. The van der Waals surface area contributed by atoms with Gasteiger partial charge in [0.2, 0.25) is 0 Å². The van der Waals surface area contributed by atoms with E-state index in [2.05, 4.69) is 0 Å². The molecule has 1 unspecified atom stereocenters. The summed E-state index contributed by atoms with van der Waals surface area (Å²) in [5, 5.41) is 0. The molecular weight excluding hydrogens is 267 g/mol. The average molecular weight is 287 g/mol. The quantitative estimate of drug-likeness (QED) is 0.928. The van der Waals surface area contributed by atoms with Crippen molar-refractivity contribution in [2.75, 3.05) is 19.6 Å². The Hall–Kier alpha value is -1.13. The molecule has 2 N–H and O–H groups in total. The maximum Gasteiger partial charge on any atom is 0.253 e. The number of likely N-dealkylation sites (tertiary alicyclic amines) is 1. The Balaban J connectivity index is 0.00000180. The van der Waals surface area contributed by atoms with Gasteiger partial charge in [0.05, 0.1) is 0 Å². The molecule has 1 aliphatic heterocycles. The molecule has 1 fully saturated rings. The summed E-state index contributed by atoms with van der Waals surface area (Å²) in [7, 11) is 0. The van der Waals surface area contributed by atoms with Crippen LogP contribution in [0.15, 0.2) is 24.3 Å². The normalized spacial score (nSPS) is 18.8. The standard InChI is InChI=1S/C14H19FN2O.ClH/c15-13-5-3-12(4-6-13)14(18)17-9-1-2-11(10-17)7-8-16;/h3-6,11H,1-2,7-10,16H2;1H. The zero-order chi connectivity index (χ0) is 13.0. The van der Waals surface area contributed by atoms with Gasteiger partial charge in [0.25, 0.3) is 5.91 Å². The van der Waals surface area contributed by atoms with Gasteiger partial charge in [-0.1, -0.05) is 0 Å². The Morgan fingerprint density at radius 1 is 1.37 bits per heavy atom. The second-order valence-electron chi connectivity index (χ2n) is 4.84. The first kappa shape index (κ1) is 15.9. The second kappa shape index (κ2) is 7.46. The van der Waals surface area contributed by atoms with Crippen molar-refractivity contribution in [3.05, 3.63) is 35.6 Å². The Kier molecular flexibility index (Phi) is 6.25. The number of carbonyl (C=O) groups is 1. The Morgan fingerprint density at radius 3 is 2.68 bits per heavy atom. The average Bonchev–Trinajstić information content (AvgIpc) is 2.39. The van der Waals surface area contributed by atoms with E-state index in [0.717, 1.165) is 32.4 Å². The van der Waals surface area contributed by atoms with E-state index in [1.165, 1.54) is 12.1 Å². The minimum Gasteiger partial charge on any atom is -0.338 e. The van der Waals surface area contributed by atoms with Crippen molar-refractivity contribution in [2.45, 2.75) is 19.3 Å². The molecule has 1 aromatic rings. The van der Waals surface area contributed by atoms with Crippen molar-refractivity contribution in [3.63, 3.8) is 0 Å². The van der Waals surface area contributed by atoms with Crippen molar-refractivity contribution in [1.29, 1.82) is 0 Å². The maximum absolute atomic E-state index is 12.8. The van der Waals surface area contributed by atoms with Crippen LogP contribution in [0.2, 0.25) is 0 Å². The van der Waals surface area contributed by atoms with Gasteiger partial charge in [-0.2, -0.15) is 0 Å². The van der Waals surface area contributed by atoms with Gasteiger partial charge in [-0.15, -0.1) is 12.4 Å². The fraction of sp³-hybridized carbons (Fsp3) is 0.500. The van der Waals surface area contributed by atoms with Gasteiger partial charge in [0.15, 0.2) is 0 Å². The van der Waals surface area contributed by atoms with Gasteiger partial charge in [0.1, 0.15) is 5.82 Å². The first-order chi connectivity index (χ1) is 8.70. The lowest BCUT2D eigenvalue weighted by atomic mass is 9.94. The molecular formula is C14H20ClFN2O. The van der Waals surface area contributed by atoms with Crippen LogP contribution in [0.1, 0.15) is 29.6 Å². The summed E-state index contributed by atoms with van der Waals surface area (Å²) in [6.07, 6.45) is 3.13. The maximum atomic E-state index is 12.8. The number of benzene rings is 1. The third-order valence-electron chi connectivity index (χ3n) is 3.47. The second-order valence-corrected chi connectivity index (χ2v) is 4.84. The number of amides is 1. The number of hydrogen-bond donors (Lipinski definition) is 1. The van der Waals surface area contributed by atoms with Crippen LogP contribution in [-0.4, -0.2) is 30.4 Å². The van der Waals surface area contributed by atoms with Crippen LogP contribution in [0.5, 0.6) is 0 Å². The fourth-order valence-electron chi connectivity index (χ4n) is 2.50. The molecule has 1 heterocycles. The molecule has 1 aromatic carbocycles. The van der Waals surface area contributed by atoms with Gasteiger partial charge < -0.3 is 10.6 Å². The summed E-state index contributed by atoms with van der Waals surface area (Å²) >= 11 is 0. The van der Waals surface area contributed by atoms with E-state index in [0.29, 0.717) is 18.0 Å². The molecule has 0 spiro atoms. The van der Waals surface area contributed by atoms with Crippen LogP contribution in [0.4, 0.5) is 4.39 Å². The molecule has 2 rings (SSSR count). The van der Waals surface area contributed by atoms with Crippen LogP contribution in [0, 0.1) is 11.7 Å². The van der Waals surface area contributed by atoms with E-state index in [1.54, 1.807) is 12.1 Å². The van der Waals surface area contributed by atoms with Crippen molar-refractivity contribution >= 4 is 18.3 Å². The van der Waals surface area contributed by atoms with Gasteiger partial charge in [-0.3, -0.25) is 4.79 Å². The van der Waals surface area contributed by atoms with E-state index in [1.807, 2.05) is 4.90 Å². The molecule has 19 heavy (non-hydrogen) atoms. The van der Waals surface area contributed by atoms with Gasteiger partial charge in [-0.05, 0) is 56.0 Å². The first-order valence-corrected chi connectivity index (χ1v) is 6.45. The number of halogens is 2. The van der Waals surface area contributed by atoms with E-state index in [4.69, 9.17) is 5.73 Å². The van der Waals surface area contributed by atoms with Gasteiger partial charge >= 0.3 is 0 Å². The highest BCUT2D eigenvalue weighted by atomic mass is 35.5. The molecule has 1 atom stereocenters. The monoisotopic (exact) mass is 286 g/mol. The predicted octanol–water partition coefficient (Wildman–Crippen LogP) is 2.45. The van der Waals surface area contributed by atoms with Crippen molar-refractivity contribution < 1.29 is 9.18 Å². The van der Waals surface area contributed by atoms with Gasteiger partial charge in [0, 0.05) is 18.7 Å². The zero-order valence-electron chi connectivity index (χ0n) is 10.8. The van der Waals surface area contributed by atoms with E-state index in [9.17, 15) is 9.18 Å². The van der Waals surface area contributed by atoms with Crippen LogP contribution < -0.4 is 5.73 Å². The molecule has 0 saturated carbocycles. The third kappa shape index (κ3) is 4.18. The van der Waals surface area contributed by atoms with E-state index in [-0.39, 0.29) is 24.1 Å². The Bertz CT molecular complexity index is 408. The zero-order valence-corrected chi connectivity index (χ0v) is 11.7. The SMILES string of the molecule is Cl.NCCC1CCCN(C(=O)c2ccc(F)cc2)C1. The van der Waals surface area contributed by atoms with Crippen molar-refractivity contribution in [1.82, 2.24) is 4.90 Å². The third-order valence-corrected chi connectivity index (χ3v) is 3.47. The van der Waals surface area contributed by atoms with Crippen molar-refractivity contribution in [3.8, 4) is 0 Å². The molecule has 106 valence electrons. The first-order valence-electron chi connectivity index (χ1n) is 6.45. The number of nitrogens with zero attached hydrogens (tertiary/aromatic N) is 1. The van der Waals surface area contributed by atoms with Crippen LogP contribution >= 0.6 is 12.4 Å². The highest BCUT2D eigenvalue weighted by Gasteiger charge is 2.23. The van der Waals surface area contributed by atoms with Crippen LogP contribution in [0.25, 0.3) is 0 Å². The number of piperidine rings is 1. The highest BCUT2D eigenvalue weighted by molar-refractivity contribution is 5.94. The number of carbonyl (C=O) groups excluding carboxylic acids is 1. The lowest BCUT2D eigenvalue weighted by Crippen LogP contribution is -2.40. The molecule has 3 nitrogen and oxygen atoms in total. The Labute approximate surface area is 119 Å². The van der Waals surface area contributed by atoms with Crippen LogP contribution in [-0.2, 0) is 0 Å². The molecule has 0 aromatic heterocycles. The van der Waals surface area contributed by atoms with E-state index < -0.39 is 0 Å². The minimum absolute atomic E-state index is 0. The molecule has 0 bridgehead atoms. The summed E-state index contributed by atoms with van der Waals surface area (Å²) in [6, 6.07) is 5.75. The summed E-state index contributed by atoms with van der Waals surface area (Å²) < 4.78 is 12.8. The fourth-order valence-corrected chi connectivity index (χ4v) is 2.50. The molecule has 1 aliphatic rings. The lowest BCUT2D eigenvalue weighted by Gasteiger charge is -2.32. The largest absolute Gasteiger partial charge is 0.338 e. The summed E-state index contributed by atoms with van der Waals surface area (Å²) in [5.74, 6) is 0.191. The predicted molar refractivity (Wildman–Crippen MR) is 75.9 cm³/mol. The summed E-state index contributed by atoms with van der Waals surface area (Å²) in [4.78, 5) is 14.1. The molecule has 0 radical (unpaired) electrons. The molecule has 5 heteroatoms. The topological polar surface area (TPSA) is 46.3 Å². The smallest absolute Gasteiger partial charge is 0.253 e. The number of nitrogens with two attached hydrogens (primary N) is 1. The molecule has 0 aliphatic carbocycles. The van der Waals surface area contributed by atoms with Crippen LogP contribution in [0.3, 0.4) is 0 Å². The van der Waals surface area contributed by atoms with E-state index >= 15 is 0 Å². The van der Waals surface area contributed by atoms with Crippen molar-refractivity contribution in [2.24, 2.45) is 11.7 Å². The summed E-state index contributed by atoms with van der Waals surface area (Å²) in [6.45, 7) is 2.23. The highest BCUT2D eigenvalue weighted by Crippen LogP contribution is 2.20. The van der Waals surface area contributed by atoms with Gasteiger partial charge in [-0.25, -0.2) is 4.39 Å². The Morgan fingerprint density at radius 2 is 2.05 bits per heavy atom. The summed E-state index contributed by atoms with van der Waals surface area (Å²) in [5.41, 5.74) is 6.12. The molecule has 1 amide bonds.